The Balaban J connectivity index is 0.00000338. The van der Waals surface area contributed by atoms with E-state index in [-0.39, 0.29) is 24.2 Å². The number of aryl methyl sites for hydroxylation is 1. The smallest absolute Gasteiger partial charge is 0.254 e. The molecule has 2 aromatic rings. The topological polar surface area (TPSA) is 75.4 Å². The number of nitrogen functional groups attached to an aromatic ring is 1. The lowest BCUT2D eigenvalue weighted by Gasteiger charge is -2.29. The third kappa shape index (κ3) is 5.23. The summed E-state index contributed by atoms with van der Waals surface area (Å²) in [5.41, 5.74) is 8.45. The molecule has 6 heteroatoms. The fourth-order valence-electron chi connectivity index (χ4n) is 2.65. The van der Waals surface area contributed by atoms with E-state index in [0.717, 1.165) is 12.0 Å². The van der Waals surface area contributed by atoms with Crippen LogP contribution in [0.4, 0.5) is 11.4 Å². The van der Waals surface area contributed by atoms with Crippen molar-refractivity contribution in [2.24, 2.45) is 0 Å². The Morgan fingerprint density at radius 2 is 1.81 bits per heavy atom. The van der Waals surface area contributed by atoms with E-state index in [1.165, 1.54) is 0 Å². The van der Waals surface area contributed by atoms with Crippen molar-refractivity contribution in [2.75, 3.05) is 17.6 Å². The van der Waals surface area contributed by atoms with Gasteiger partial charge in [0, 0.05) is 23.5 Å². The van der Waals surface area contributed by atoms with Crippen molar-refractivity contribution in [3.63, 3.8) is 0 Å². The molecule has 0 aromatic heterocycles. The summed E-state index contributed by atoms with van der Waals surface area (Å²) in [6.07, 6.45) is 0.760. The van der Waals surface area contributed by atoms with Gasteiger partial charge in [0.2, 0.25) is 5.91 Å². The van der Waals surface area contributed by atoms with Gasteiger partial charge in [0.25, 0.3) is 5.91 Å². The molecule has 0 aliphatic heterocycles. The van der Waals surface area contributed by atoms with Crippen molar-refractivity contribution in [2.45, 2.75) is 33.2 Å². The summed E-state index contributed by atoms with van der Waals surface area (Å²) in [6.45, 7) is 6.09. The van der Waals surface area contributed by atoms with E-state index >= 15 is 0 Å². The molecule has 0 saturated carbocycles. The van der Waals surface area contributed by atoms with Crippen LogP contribution in [0.5, 0.6) is 0 Å². The molecular weight excluding hydrogens is 350 g/mol. The number of amides is 2. The molecule has 0 bridgehead atoms. The minimum absolute atomic E-state index is 0. The number of nitrogens with two attached hydrogens (primary N) is 1. The summed E-state index contributed by atoms with van der Waals surface area (Å²) in [6, 6.07) is 13.9. The van der Waals surface area contributed by atoms with E-state index in [1.807, 2.05) is 50.2 Å². The molecule has 0 radical (unpaired) electrons. The molecule has 0 saturated heterocycles. The number of nitrogens with zero attached hydrogens (tertiary/aromatic N) is 1. The standard InChI is InChI=1S/C20H25N3O2.ClH/c1-4-12-23(20(25)18-13-16(21)11-10-14(18)2)15(3)19(24)22-17-8-6-5-7-9-17;/h5-11,13,15H,4,12,21H2,1-3H3,(H,22,24);1H. The van der Waals surface area contributed by atoms with Crippen molar-refractivity contribution in [1.82, 2.24) is 4.90 Å². The molecule has 0 aliphatic rings. The molecule has 2 amide bonds. The maximum Gasteiger partial charge on any atom is 0.254 e. The SMILES string of the molecule is CCCN(C(=O)c1cc(N)ccc1C)C(C)C(=O)Nc1ccccc1.Cl. The zero-order valence-corrected chi connectivity index (χ0v) is 16.2. The van der Waals surface area contributed by atoms with E-state index in [9.17, 15) is 9.59 Å². The van der Waals surface area contributed by atoms with Crippen LogP contribution < -0.4 is 11.1 Å². The van der Waals surface area contributed by atoms with E-state index < -0.39 is 6.04 Å². The highest BCUT2D eigenvalue weighted by Crippen LogP contribution is 2.18. The lowest BCUT2D eigenvalue weighted by atomic mass is 10.1. The highest BCUT2D eigenvalue weighted by atomic mass is 35.5. The van der Waals surface area contributed by atoms with Crippen LogP contribution in [0.2, 0.25) is 0 Å². The highest BCUT2D eigenvalue weighted by molar-refractivity contribution is 6.02. The van der Waals surface area contributed by atoms with Crippen molar-refractivity contribution in [3.05, 3.63) is 59.7 Å². The summed E-state index contributed by atoms with van der Waals surface area (Å²) in [5.74, 6) is -0.392. The van der Waals surface area contributed by atoms with Crippen molar-refractivity contribution in [3.8, 4) is 0 Å². The predicted molar refractivity (Wildman–Crippen MR) is 109 cm³/mol. The molecule has 1 unspecified atom stereocenters. The predicted octanol–water partition coefficient (Wildman–Crippen LogP) is 3.88. The Kier molecular flexibility index (Phi) is 8.13. The van der Waals surface area contributed by atoms with Crippen LogP contribution in [0.25, 0.3) is 0 Å². The molecule has 2 aromatic carbocycles. The molecule has 0 fully saturated rings. The van der Waals surface area contributed by atoms with Gasteiger partial charge < -0.3 is 16.0 Å². The van der Waals surface area contributed by atoms with Crippen LogP contribution in [0.15, 0.2) is 48.5 Å². The van der Waals surface area contributed by atoms with Gasteiger partial charge in [0.15, 0.2) is 0 Å². The minimum Gasteiger partial charge on any atom is -0.399 e. The third-order valence-corrected chi connectivity index (χ3v) is 4.11. The molecule has 26 heavy (non-hydrogen) atoms. The molecular formula is C20H26ClN3O2. The van der Waals surface area contributed by atoms with Gasteiger partial charge in [-0.05, 0) is 50.1 Å². The van der Waals surface area contributed by atoms with Gasteiger partial charge in [-0.3, -0.25) is 9.59 Å². The molecule has 0 aliphatic carbocycles. The van der Waals surface area contributed by atoms with Gasteiger partial charge in [0.05, 0.1) is 0 Å². The zero-order chi connectivity index (χ0) is 18.4. The fourth-order valence-corrected chi connectivity index (χ4v) is 2.65. The largest absolute Gasteiger partial charge is 0.399 e. The molecule has 3 N–H and O–H groups in total. The summed E-state index contributed by atoms with van der Waals surface area (Å²) < 4.78 is 0. The molecule has 0 spiro atoms. The minimum atomic E-state index is -0.589. The van der Waals surface area contributed by atoms with Gasteiger partial charge in [0.1, 0.15) is 6.04 Å². The first-order valence-electron chi connectivity index (χ1n) is 8.47. The normalized spacial score (nSPS) is 11.2. The van der Waals surface area contributed by atoms with Gasteiger partial charge in [-0.2, -0.15) is 0 Å². The molecule has 0 heterocycles. The van der Waals surface area contributed by atoms with E-state index in [0.29, 0.717) is 23.5 Å². The second-order valence-corrected chi connectivity index (χ2v) is 6.10. The average Bonchev–Trinajstić information content (AvgIpc) is 2.61. The number of carbonyl (C=O) groups is 2. The fraction of sp³-hybridized carbons (Fsp3) is 0.300. The Morgan fingerprint density at radius 3 is 2.42 bits per heavy atom. The third-order valence-electron chi connectivity index (χ3n) is 4.11. The van der Waals surface area contributed by atoms with E-state index in [4.69, 9.17) is 5.73 Å². The van der Waals surface area contributed by atoms with Crippen LogP contribution in [0, 0.1) is 6.92 Å². The number of hydrogen-bond acceptors (Lipinski definition) is 3. The molecule has 1 atom stereocenters. The Morgan fingerprint density at radius 1 is 1.15 bits per heavy atom. The maximum atomic E-state index is 13.0. The van der Waals surface area contributed by atoms with Gasteiger partial charge in [-0.15, -0.1) is 12.4 Å². The first-order chi connectivity index (χ1) is 11.9. The summed E-state index contributed by atoms with van der Waals surface area (Å²) in [7, 11) is 0. The number of halogens is 1. The second-order valence-electron chi connectivity index (χ2n) is 6.10. The summed E-state index contributed by atoms with van der Waals surface area (Å²) >= 11 is 0. The monoisotopic (exact) mass is 375 g/mol. The Hall–Kier alpha value is -2.53. The average molecular weight is 376 g/mol. The van der Waals surface area contributed by atoms with E-state index in [2.05, 4.69) is 5.32 Å². The number of para-hydroxylation sites is 1. The van der Waals surface area contributed by atoms with Crippen molar-refractivity contribution in [1.29, 1.82) is 0 Å². The Labute approximate surface area is 161 Å². The maximum absolute atomic E-state index is 13.0. The van der Waals surface area contributed by atoms with Crippen LogP contribution in [-0.4, -0.2) is 29.3 Å². The summed E-state index contributed by atoms with van der Waals surface area (Å²) in [5, 5.41) is 2.86. The molecule has 140 valence electrons. The molecule has 2 rings (SSSR count). The molecule has 5 nitrogen and oxygen atoms in total. The van der Waals surface area contributed by atoms with Crippen molar-refractivity contribution >= 4 is 35.6 Å². The van der Waals surface area contributed by atoms with E-state index in [1.54, 1.807) is 24.0 Å². The number of hydrogen-bond donors (Lipinski definition) is 2. The van der Waals surface area contributed by atoms with Gasteiger partial charge in [-0.1, -0.05) is 31.2 Å². The number of nitrogens with one attached hydrogen (secondary N) is 1. The first kappa shape index (κ1) is 21.5. The van der Waals surface area contributed by atoms with Crippen molar-refractivity contribution < 1.29 is 9.59 Å². The number of anilines is 2. The summed E-state index contributed by atoms with van der Waals surface area (Å²) in [4.78, 5) is 27.2. The number of carbonyl (C=O) groups excluding carboxylic acids is 2. The van der Waals surface area contributed by atoms with Crippen LogP contribution in [-0.2, 0) is 4.79 Å². The van der Waals surface area contributed by atoms with Crippen LogP contribution in [0.3, 0.4) is 0 Å². The van der Waals surface area contributed by atoms with Gasteiger partial charge >= 0.3 is 0 Å². The lowest BCUT2D eigenvalue weighted by Crippen LogP contribution is -2.46. The van der Waals surface area contributed by atoms with Crippen LogP contribution >= 0.6 is 12.4 Å². The number of rotatable bonds is 6. The zero-order valence-electron chi connectivity index (χ0n) is 15.4. The van der Waals surface area contributed by atoms with Gasteiger partial charge in [-0.25, -0.2) is 0 Å². The second kappa shape index (κ2) is 9.82. The highest BCUT2D eigenvalue weighted by Gasteiger charge is 2.27. The quantitative estimate of drug-likeness (QED) is 0.752. The first-order valence-corrected chi connectivity index (χ1v) is 8.47. The lowest BCUT2D eigenvalue weighted by molar-refractivity contribution is -0.120. The Bertz CT molecular complexity index is 750. The number of benzene rings is 2. The van der Waals surface area contributed by atoms with Crippen LogP contribution in [0.1, 0.15) is 36.2 Å².